The molecule has 0 unspecified atom stereocenters. The lowest BCUT2D eigenvalue weighted by molar-refractivity contribution is 0.587. The molecule has 0 N–H and O–H groups in total. The fourth-order valence-electron chi connectivity index (χ4n) is 5.00. The molecule has 2 aromatic heterocycles. The van der Waals surface area contributed by atoms with Crippen molar-refractivity contribution in [1.29, 1.82) is 0 Å². The van der Waals surface area contributed by atoms with Crippen LogP contribution in [0.5, 0.6) is 0 Å². The van der Waals surface area contributed by atoms with Crippen LogP contribution in [0.15, 0.2) is 48.8 Å². The van der Waals surface area contributed by atoms with Gasteiger partial charge in [0.2, 0.25) is 0 Å². The van der Waals surface area contributed by atoms with Gasteiger partial charge in [-0.1, -0.05) is 45.8 Å². The molecule has 5 aromatic rings. The Morgan fingerprint density at radius 1 is 0.528 bits per heavy atom. The van der Waals surface area contributed by atoms with Gasteiger partial charge in [-0.3, -0.25) is 0 Å². The van der Waals surface area contributed by atoms with Crippen molar-refractivity contribution in [2.24, 2.45) is 0 Å². The molecule has 8 heteroatoms. The highest BCUT2D eigenvalue weighted by molar-refractivity contribution is 5.70. The van der Waals surface area contributed by atoms with Crippen LogP contribution >= 0.6 is 0 Å². The average Bonchev–Trinajstić information content (AvgIpc) is 3.43. The van der Waals surface area contributed by atoms with Crippen molar-refractivity contribution in [3.8, 4) is 33.9 Å². The SMILES string of the molecule is Cc1cc(C)c(-n2cc(-c3cc(-c4cn(-c5c(C)cc(C)cc5C)nn4)c(F)cc3F)nn2)c(C)c1. The van der Waals surface area contributed by atoms with Crippen molar-refractivity contribution in [1.82, 2.24) is 30.0 Å². The summed E-state index contributed by atoms with van der Waals surface area (Å²) >= 11 is 0. The first-order chi connectivity index (χ1) is 17.1. The zero-order valence-electron chi connectivity index (χ0n) is 21.1. The van der Waals surface area contributed by atoms with Crippen molar-refractivity contribution >= 4 is 0 Å². The molecule has 0 radical (unpaired) electrons. The van der Waals surface area contributed by atoms with Crippen LogP contribution in [0, 0.1) is 53.2 Å². The van der Waals surface area contributed by atoms with E-state index in [2.05, 4.69) is 44.9 Å². The number of aryl methyl sites for hydroxylation is 6. The fourth-order valence-corrected chi connectivity index (χ4v) is 5.00. The average molecular weight is 485 g/mol. The Bertz CT molecular complexity index is 1470. The molecule has 0 amide bonds. The van der Waals surface area contributed by atoms with Crippen LogP contribution in [0.3, 0.4) is 0 Å². The quantitative estimate of drug-likeness (QED) is 0.300. The molecule has 36 heavy (non-hydrogen) atoms. The van der Waals surface area contributed by atoms with E-state index >= 15 is 0 Å². The number of aromatic nitrogens is 6. The second-order valence-electron chi connectivity index (χ2n) is 9.40. The fraction of sp³-hybridized carbons (Fsp3) is 0.214. The first kappa shape index (κ1) is 23.5. The van der Waals surface area contributed by atoms with Crippen molar-refractivity contribution < 1.29 is 8.78 Å². The number of rotatable bonds is 4. The standard InChI is InChI=1S/C28H26F2N6/c1-15-7-17(3)27(18(4)8-15)35-13-25(31-33-35)21-11-22(24(30)12-23(21)29)26-14-36(34-32-26)28-19(5)9-16(2)10-20(28)6/h7-14H,1-6H3. The minimum absolute atomic E-state index is 0.136. The molecule has 0 aliphatic rings. The summed E-state index contributed by atoms with van der Waals surface area (Å²) in [4.78, 5) is 0. The molecule has 0 aliphatic carbocycles. The molecule has 0 bridgehead atoms. The van der Waals surface area contributed by atoms with E-state index in [4.69, 9.17) is 0 Å². The Labute approximate surface area is 208 Å². The van der Waals surface area contributed by atoms with Crippen molar-refractivity contribution in [3.05, 3.63) is 93.8 Å². The molecule has 0 fully saturated rings. The molecule has 0 atom stereocenters. The van der Waals surface area contributed by atoms with Gasteiger partial charge in [0, 0.05) is 17.2 Å². The van der Waals surface area contributed by atoms with Gasteiger partial charge in [-0.05, 0) is 69.9 Å². The highest BCUT2D eigenvalue weighted by Crippen LogP contribution is 2.31. The zero-order valence-corrected chi connectivity index (χ0v) is 21.1. The first-order valence-corrected chi connectivity index (χ1v) is 11.6. The van der Waals surface area contributed by atoms with Crippen LogP contribution in [0.2, 0.25) is 0 Å². The Morgan fingerprint density at radius 2 is 0.889 bits per heavy atom. The molecule has 6 nitrogen and oxygen atoms in total. The Morgan fingerprint density at radius 3 is 1.25 bits per heavy atom. The summed E-state index contributed by atoms with van der Waals surface area (Å²) in [6.07, 6.45) is 3.31. The van der Waals surface area contributed by atoms with E-state index in [0.717, 1.165) is 50.8 Å². The van der Waals surface area contributed by atoms with Crippen molar-refractivity contribution in [3.63, 3.8) is 0 Å². The summed E-state index contributed by atoms with van der Waals surface area (Å²) in [5.41, 5.74) is 9.05. The molecule has 0 aliphatic heterocycles. The lowest BCUT2D eigenvalue weighted by Crippen LogP contribution is -2.01. The van der Waals surface area contributed by atoms with Gasteiger partial charge in [-0.2, -0.15) is 0 Å². The highest BCUT2D eigenvalue weighted by atomic mass is 19.1. The molecule has 0 saturated carbocycles. The minimum Gasteiger partial charge on any atom is -0.220 e. The summed E-state index contributed by atoms with van der Waals surface area (Å²) in [6.45, 7) is 12.0. The maximum atomic E-state index is 14.9. The molecular weight excluding hydrogens is 458 g/mol. The number of benzene rings is 3. The molecule has 0 saturated heterocycles. The lowest BCUT2D eigenvalue weighted by Gasteiger charge is -2.10. The predicted molar refractivity (Wildman–Crippen MR) is 135 cm³/mol. The molecule has 2 heterocycles. The summed E-state index contributed by atoms with van der Waals surface area (Å²) < 4.78 is 33.1. The first-order valence-electron chi connectivity index (χ1n) is 11.6. The van der Waals surface area contributed by atoms with Gasteiger partial charge in [0.1, 0.15) is 23.0 Å². The predicted octanol–water partition coefficient (Wildman–Crippen LogP) is 6.31. The molecule has 182 valence electrons. The lowest BCUT2D eigenvalue weighted by atomic mass is 10.0. The van der Waals surface area contributed by atoms with E-state index in [1.165, 1.54) is 6.07 Å². The summed E-state index contributed by atoms with van der Waals surface area (Å²) in [6, 6.07) is 10.5. The summed E-state index contributed by atoms with van der Waals surface area (Å²) in [5, 5.41) is 16.8. The third-order valence-electron chi connectivity index (χ3n) is 6.32. The topological polar surface area (TPSA) is 61.4 Å². The maximum Gasteiger partial charge on any atom is 0.135 e. The van der Waals surface area contributed by atoms with Crippen LogP contribution in [0.25, 0.3) is 33.9 Å². The van der Waals surface area contributed by atoms with E-state index < -0.39 is 11.6 Å². The number of hydrogen-bond acceptors (Lipinski definition) is 4. The number of nitrogens with zero attached hydrogens (tertiary/aromatic N) is 6. The van der Waals surface area contributed by atoms with Crippen molar-refractivity contribution in [2.45, 2.75) is 41.5 Å². The van der Waals surface area contributed by atoms with Gasteiger partial charge < -0.3 is 0 Å². The van der Waals surface area contributed by atoms with Crippen LogP contribution in [0.1, 0.15) is 33.4 Å². The third-order valence-corrected chi connectivity index (χ3v) is 6.32. The minimum atomic E-state index is -0.724. The maximum absolute atomic E-state index is 14.9. The Hall–Kier alpha value is -4.20. The highest BCUT2D eigenvalue weighted by Gasteiger charge is 2.19. The number of halogens is 2. The van der Waals surface area contributed by atoms with Gasteiger partial charge in [-0.25, -0.2) is 18.1 Å². The molecule has 0 spiro atoms. The van der Waals surface area contributed by atoms with Crippen LogP contribution in [0.4, 0.5) is 8.78 Å². The van der Waals surface area contributed by atoms with E-state index in [-0.39, 0.29) is 11.1 Å². The second-order valence-corrected chi connectivity index (χ2v) is 9.40. The monoisotopic (exact) mass is 484 g/mol. The zero-order chi connectivity index (χ0) is 25.7. The number of hydrogen-bond donors (Lipinski definition) is 0. The van der Waals surface area contributed by atoms with Crippen LogP contribution in [-0.4, -0.2) is 30.0 Å². The second kappa shape index (κ2) is 8.78. The Balaban J connectivity index is 1.56. The van der Waals surface area contributed by atoms with Gasteiger partial charge in [0.15, 0.2) is 0 Å². The molecular formula is C28H26F2N6. The van der Waals surface area contributed by atoms with Gasteiger partial charge in [0.25, 0.3) is 0 Å². The van der Waals surface area contributed by atoms with Gasteiger partial charge in [-0.15, -0.1) is 10.2 Å². The smallest absolute Gasteiger partial charge is 0.135 e. The molecule has 3 aromatic carbocycles. The van der Waals surface area contributed by atoms with E-state index in [9.17, 15) is 8.78 Å². The van der Waals surface area contributed by atoms with E-state index in [1.54, 1.807) is 21.8 Å². The van der Waals surface area contributed by atoms with E-state index in [1.807, 2.05) is 41.5 Å². The van der Waals surface area contributed by atoms with Gasteiger partial charge in [0.05, 0.1) is 23.8 Å². The normalized spacial score (nSPS) is 11.3. The molecule has 5 rings (SSSR count). The summed E-state index contributed by atoms with van der Waals surface area (Å²) in [5.74, 6) is -1.45. The van der Waals surface area contributed by atoms with Gasteiger partial charge >= 0.3 is 0 Å². The Kier molecular flexibility index (Phi) is 5.74. The van der Waals surface area contributed by atoms with Crippen LogP contribution in [-0.2, 0) is 0 Å². The van der Waals surface area contributed by atoms with E-state index in [0.29, 0.717) is 11.4 Å². The summed E-state index contributed by atoms with van der Waals surface area (Å²) in [7, 11) is 0. The third kappa shape index (κ3) is 4.08. The largest absolute Gasteiger partial charge is 0.220 e. The van der Waals surface area contributed by atoms with Crippen LogP contribution < -0.4 is 0 Å². The van der Waals surface area contributed by atoms with Crippen molar-refractivity contribution in [2.75, 3.05) is 0 Å².